The van der Waals surface area contributed by atoms with Crippen LogP contribution in [0.1, 0.15) is 24.2 Å². The molecule has 0 aliphatic heterocycles. The number of hydrogen-bond donors (Lipinski definition) is 0. The van der Waals surface area contributed by atoms with Gasteiger partial charge in [0.15, 0.2) is 6.10 Å². The van der Waals surface area contributed by atoms with Crippen molar-refractivity contribution in [2.45, 2.75) is 25.2 Å². The molecule has 2 aromatic carbocycles. The van der Waals surface area contributed by atoms with Crippen molar-refractivity contribution in [1.29, 1.82) is 0 Å². The molecule has 0 aliphatic rings. The second-order valence-electron chi connectivity index (χ2n) is 6.06. The van der Waals surface area contributed by atoms with Crippen molar-refractivity contribution < 1.29 is 40.4 Å². The Morgan fingerprint density at radius 3 is 2.28 bits per heavy atom. The lowest BCUT2D eigenvalue weighted by Crippen LogP contribution is -2.42. The summed E-state index contributed by atoms with van der Waals surface area (Å²) in [5, 5.41) is -3.85. The van der Waals surface area contributed by atoms with E-state index in [4.69, 9.17) is 4.74 Å². The molecule has 0 saturated heterocycles. The maximum atomic E-state index is 14.0. The van der Waals surface area contributed by atoms with E-state index in [0.717, 1.165) is 6.92 Å². The number of halogens is 2. The molecule has 0 radical (unpaired) electrons. The summed E-state index contributed by atoms with van der Waals surface area (Å²) < 4.78 is 64.5. The quantitative estimate of drug-likeness (QED) is 0.288. The molecular weight excluding hydrogens is 410 g/mol. The number of benzene rings is 2. The van der Waals surface area contributed by atoms with Crippen LogP contribution in [0.2, 0.25) is 0 Å². The average molecular weight is 428 g/mol. The van der Waals surface area contributed by atoms with Crippen LogP contribution in [0.5, 0.6) is 5.75 Å². The molecule has 7 nitrogen and oxygen atoms in total. The van der Waals surface area contributed by atoms with Crippen LogP contribution in [0.25, 0.3) is 10.8 Å². The molecule has 0 N–H and O–H groups in total. The van der Waals surface area contributed by atoms with Crippen molar-refractivity contribution >= 4 is 32.8 Å². The lowest BCUT2D eigenvalue weighted by atomic mass is 10.0. The minimum Gasteiger partial charge on any atom is -0.451 e. The van der Waals surface area contributed by atoms with Gasteiger partial charge in [-0.2, -0.15) is 17.2 Å². The highest BCUT2D eigenvalue weighted by Crippen LogP contribution is 2.32. The largest absolute Gasteiger partial charge is 0.451 e. The van der Waals surface area contributed by atoms with Crippen molar-refractivity contribution in [3.63, 3.8) is 0 Å². The summed E-state index contributed by atoms with van der Waals surface area (Å²) in [5.74, 6) is -1.73. The summed E-state index contributed by atoms with van der Waals surface area (Å²) in [7, 11) is -4.69. The molecule has 2 rings (SSSR count). The molecule has 1 unspecified atom stereocenters. The third kappa shape index (κ3) is 4.43. The smallest absolute Gasteiger partial charge is 0.405 e. The van der Waals surface area contributed by atoms with Gasteiger partial charge in [0, 0.05) is 11.0 Å². The van der Waals surface area contributed by atoms with Gasteiger partial charge >= 0.3 is 27.3 Å². The van der Waals surface area contributed by atoms with Crippen LogP contribution in [-0.4, -0.2) is 38.8 Å². The van der Waals surface area contributed by atoms with Gasteiger partial charge in [-0.05, 0) is 31.4 Å². The minimum absolute atomic E-state index is 0.117. The van der Waals surface area contributed by atoms with Gasteiger partial charge in [-0.1, -0.05) is 30.8 Å². The summed E-state index contributed by atoms with van der Waals surface area (Å²) in [4.78, 5) is 24.2. The maximum Gasteiger partial charge on any atom is 0.405 e. The van der Waals surface area contributed by atoms with E-state index >= 15 is 0 Å². The van der Waals surface area contributed by atoms with Gasteiger partial charge in [0.25, 0.3) is 0 Å². The molecule has 10 heteroatoms. The van der Waals surface area contributed by atoms with Crippen molar-refractivity contribution in [3.05, 3.63) is 54.1 Å². The van der Waals surface area contributed by atoms with Crippen LogP contribution in [0.3, 0.4) is 0 Å². The van der Waals surface area contributed by atoms with Gasteiger partial charge in [-0.25, -0.2) is 9.59 Å². The number of ether oxygens (including phenoxy) is 2. The molecule has 1 atom stereocenters. The van der Waals surface area contributed by atoms with E-state index in [-0.39, 0.29) is 22.3 Å². The van der Waals surface area contributed by atoms with Crippen LogP contribution in [-0.2, 0) is 23.8 Å². The van der Waals surface area contributed by atoms with E-state index in [2.05, 4.69) is 15.5 Å². The minimum atomic E-state index is -5.27. The third-order valence-electron chi connectivity index (χ3n) is 3.96. The second-order valence-corrected chi connectivity index (χ2v) is 7.84. The zero-order chi connectivity index (χ0) is 22.0. The lowest BCUT2D eigenvalue weighted by molar-refractivity contribution is -0.129. The van der Waals surface area contributed by atoms with Crippen molar-refractivity contribution in [3.8, 4) is 5.75 Å². The van der Waals surface area contributed by atoms with Gasteiger partial charge in [-0.3, -0.25) is 4.18 Å². The highest BCUT2D eigenvalue weighted by atomic mass is 32.2. The normalized spacial score (nSPS) is 13.0. The summed E-state index contributed by atoms with van der Waals surface area (Å²) in [5.41, 5.74) is 0.0427. The van der Waals surface area contributed by atoms with E-state index in [0.29, 0.717) is 12.5 Å². The average Bonchev–Trinajstić information content (AvgIpc) is 2.67. The monoisotopic (exact) mass is 428 g/mol. The first-order chi connectivity index (χ1) is 13.4. The second kappa shape index (κ2) is 8.26. The molecule has 0 fully saturated rings. The molecule has 0 bridgehead atoms. The Morgan fingerprint density at radius 1 is 1.10 bits per heavy atom. The number of carbonyl (C=O) groups excluding carboxylic acids is 2. The third-order valence-corrected chi connectivity index (χ3v) is 5.40. The summed E-state index contributed by atoms with van der Waals surface area (Å²) in [6, 6.07) is 8.78. The van der Waals surface area contributed by atoms with Gasteiger partial charge in [-0.15, -0.1) is 0 Å². The first kappa shape index (κ1) is 22.4. The zero-order valence-electron chi connectivity index (χ0n) is 15.8. The Morgan fingerprint density at radius 2 is 1.69 bits per heavy atom. The summed E-state index contributed by atoms with van der Waals surface area (Å²) >= 11 is 0. The van der Waals surface area contributed by atoms with Gasteiger partial charge in [0.05, 0.1) is 12.7 Å². The Labute approximate surface area is 166 Å². The molecule has 0 amide bonds. The Kier molecular flexibility index (Phi) is 6.39. The predicted molar refractivity (Wildman–Crippen MR) is 100 cm³/mol. The number of alkyl halides is 2. The molecule has 0 saturated carbocycles. The van der Waals surface area contributed by atoms with E-state index in [1.807, 2.05) is 0 Å². The highest BCUT2D eigenvalue weighted by Gasteiger charge is 2.53. The van der Waals surface area contributed by atoms with Gasteiger partial charge in [0.2, 0.25) is 0 Å². The van der Waals surface area contributed by atoms with Crippen molar-refractivity contribution in [2.75, 3.05) is 7.11 Å². The van der Waals surface area contributed by atoms with Crippen LogP contribution >= 0.6 is 0 Å². The predicted octanol–water partition coefficient (Wildman–Crippen LogP) is 3.44. The zero-order valence-corrected chi connectivity index (χ0v) is 16.6. The number of hydrogen-bond acceptors (Lipinski definition) is 7. The lowest BCUT2D eigenvalue weighted by Gasteiger charge is -2.22. The van der Waals surface area contributed by atoms with E-state index in [9.17, 15) is 26.8 Å². The number of fused-ring (bicyclic) bond motifs is 1. The van der Waals surface area contributed by atoms with E-state index in [1.165, 1.54) is 37.3 Å². The molecule has 0 aromatic heterocycles. The van der Waals surface area contributed by atoms with Crippen molar-refractivity contribution in [2.24, 2.45) is 0 Å². The Bertz CT molecular complexity index is 1080. The van der Waals surface area contributed by atoms with Gasteiger partial charge in [0.1, 0.15) is 5.75 Å². The van der Waals surface area contributed by atoms with E-state index in [1.54, 1.807) is 6.07 Å². The fraction of sp³-hybridized carbons (Fsp3) is 0.263. The summed E-state index contributed by atoms with van der Waals surface area (Å²) in [6.07, 6.45) is -2.32. The first-order valence-electron chi connectivity index (χ1n) is 8.20. The standard InChI is InChI=1S/C19H18F2O7S/c1-11(2)17(22)28-16-10-6-7-13-14(16)8-5-9-15(13)18(23)27-12(3)19(20,21)29(24,25)26-4/h5-10,12H,1H2,2-4H3. The number of esters is 2. The molecule has 0 aliphatic carbocycles. The molecule has 156 valence electrons. The molecule has 2 aromatic rings. The molecule has 0 spiro atoms. The Balaban J connectivity index is 2.40. The fourth-order valence-electron chi connectivity index (χ4n) is 2.34. The molecular formula is C19H18F2O7S. The highest BCUT2D eigenvalue weighted by molar-refractivity contribution is 7.87. The molecule has 0 heterocycles. The van der Waals surface area contributed by atoms with Gasteiger partial charge < -0.3 is 9.47 Å². The molecule has 29 heavy (non-hydrogen) atoms. The SMILES string of the molecule is C=C(C)C(=O)Oc1cccc2c(C(=O)OC(C)C(F)(F)S(=O)(=O)OC)cccc12. The van der Waals surface area contributed by atoms with Crippen LogP contribution in [0, 0.1) is 0 Å². The number of rotatable bonds is 7. The van der Waals surface area contributed by atoms with Crippen LogP contribution in [0.15, 0.2) is 48.6 Å². The van der Waals surface area contributed by atoms with E-state index < -0.39 is 33.4 Å². The van der Waals surface area contributed by atoms with Crippen LogP contribution < -0.4 is 4.74 Å². The topological polar surface area (TPSA) is 96.0 Å². The summed E-state index contributed by atoms with van der Waals surface area (Å²) in [6.45, 7) is 5.68. The van der Waals surface area contributed by atoms with Crippen molar-refractivity contribution in [1.82, 2.24) is 0 Å². The maximum absolute atomic E-state index is 14.0. The Hall–Kier alpha value is -2.85. The number of carbonyl (C=O) groups is 2. The fourth-order valence-corrected chi connectivity index (χ4v) is 3.02. The first-order valence-corrected chi connectivity index (χ1v) is 9.61. The van der Waals surface area contributed by atoms with Crippen LogP contribution in [0.4, 0.5) is 8.78 Å².